The normalized spacial score (nSPS) is 13.3. The maximum Gasteiger partial charge on any atom is 0.350 e. The number of aliphatic carboxylic acids is 1. The SMILES string of the molecule is CC(C)(Oc1ccccc1)C(=O)O[C@H](CC(=O)[O-])C[N+](C)(C)C. The molecule has 0 radical (unpaired) electrons. The summed E-state index contributed by atoms with van der Waals surface area (Å²) >= 11 is 0. The van der Waals surface area contributed by atoms with E-state index >= 15 is 0 Å². The van der Waals surface area contributed by atoms with E-state index in [0.717, 1.165) is 0 Å². The zero-order valence-corrected chi connectivity index (χ0v) is 14.4. The fourth-order valence-electron chi connectivity index (χ4n) is 2.06. The van der Waals surface area contributed by atoms with Gasteiger partial charge in [0.15, 0.2) is 11.7 Å². The second-order valence-electron chi connectivity index (χ2n) is 7.00. The van der Waals surface area contributed by atoms with Crippen LogP contribution in [0.15, 0.2) is 30.3 Å². The van der Waals surface area contributed by atoms with Crippen molar-refractivity contribution in [3.8, 4) is 5.75 Å². The molecule has 1 atom stereocenters. The molecule has 0 unspecified atom stereocenters. The maximum absolute atomic E-state index is 12.4. The van der Waals surface area contributed by atoms with Crippen LogP contribution >= 0.6 is 0 Å². The molecule has 1 aromatic rings. The van der Waals surface area contributed by atoms with Gasteiger partial charge in [0.2, 0.25) is 0 Å². The highest BCUT2D eigenvalue weighted by Gasteiger charge is 2.35. The molecular formula is C17H25NO5. The molecule has 0 aliphatic carbocycles. The highest BCUT2D eigenvalue weighted by atomic mass is 16.6. The first-order valence-corrected chi connectivity index (χ1v) is 7.45. The molecule has 1 rings (SSSR count). The van der Waals surface area contributed by atoms with Gasteiger partial charge in [0.1, 0.15) is 12.3 Å². The summed E-state index contributed by atoms with van der Waals surface area (Å²) in [5.41, 5.74) is -1.23. The molecule has 6 nitrogen and oxygen atoms in total. The van der Waals surface area contributed by atoms with Crippen LogP contribution in [0.25, 0.3) is 0 Å². The summed E-state index contributed by atoms with van der Waals surface area (Å²) in [6.45, 7) is 3.54. The number of carboxylic acids is 1. The third kappa shape index (κ3) is 7.15. The molecule has 0 N–H and O–H groups in total. The van der Waals surface area contributed by atoms with Gasteiger partial charge in [-0.05, 0) is 26.0 Å². The van der Waals surface area contributed by atoms with Gasteiger partial charge in [-0.15, -0.1) is 0 Å². The number of carboxylic acid groups (broad SMARTS) is 1. The van der Waals surface area contributed by atoms with Gasteiger partial charge in [0.05, 0.1) is 21.1 Å². The van der Waals surface area contributed by atoms with Crippen molar-refractivity contribution in [2.24, 2.45) is 0 Å². The number of carbonyl (C=O) groups excluding carboxylic acids is 2. The van der Waals surface area contributed by atoms with Crippen molar-refractivity contribution in [1.29, 1.82) is 0 Å². The Hall–Kier alpha value is -2.08. The third-order valence-corrected chi connectivity index (χ3v) is 3.03. The number of benzene rings is 1. The lowest BCUT2D eigenvalue weighted by Crippen LogP contribution is -2.48. The first kappa shape index (κ1) is 19.0. The Morgan fingerprint density at radius 1 is 1.17 bits per heavy atom. The zero-order valence-electron chi connectivity index (χ0n) is 14.4. The fraction of sp³-hybridized carbons (Fsp3) is 0.529. The molecule has 23 heavy (non-hydrogen) atoms. The summed E-state index contributed by atoms with van der Waals surface area (Å²) in [6, 6.07) is 8.91. The Balaban J connectivity index is 2.77. The number of ether oxygens (including phenoxy) is 2. The molecule has 0 aromatic heterocycles. The summed E-state index contributed by atoms with van der Waals surface area (Å²) in [7, 11) is 5.67. The summed E-state index contributed by atoms with van der Waals surface area (Å²) in [4.78, 5) is 23.3. The summed E-state index contributed by atoms with van der Waals surface area (Å²) in [5, 5.41) is 10.9. The van der Waals surface area contributed by atoms with Crippen LogP contribution in [-0.2, 0) is 14.3 Å². The first-order valence-electron chi connectivity index (χ1n) is 7.45. The smallest absolute Gasteiger partial charge is 0.350 e. The van der Waals surface area contributed by atoms with E-state index in [1.807, 2.05) is 27.2 Å². The van der Waals surface area contributed by atoms with Crippen molar-refractivity contribution in [2.75, 3.05) is 27.7 Å². The summed E-state index contributed by atoms with van der Waals surface area (Å²) in [5.74, 6) is -1.32. The van der Waals surface area contributed by atoms with Crippen LogP contribution in [-0.4, -0.2) is 55.8 Å². The van der Waals surface area contributed by atoms with Crippen molar-refractivity contribution in [3.05, 3.63) is 30.3 Å². The van der Waals surface area contributed by atoms with Crippen LogP contribution < -0.4 is 9.84 Å². The van der Waals surface area contributed by atoms with Crippen LogP contribution in [0, 0.1) is 0 Å². The van der Waals surface area contributed by atoms with E-state index < -0.39 is 23.6 Å². The van der Waals surface area contributed by atoms with Crippen molar-refractivity contribution >= 4 is 11.9 Å². The number of hydrogen-bond acceptors (Lipinski definition) is 5. The molecule has 0 aliphatic rings. The van der Waals surface area contributed by atoms with Gasteiger partial charge >= 0.3 is 5.97 Å². The van der Waals surface area contributed by atoms with Gasteiger partial charge in [-0.2, -0.15) is 0 Å². The molecule has 0 saturated carbocycles. The quantitative estimate of drug-likeness (QED) is 0.517. The van der Waals surface area contributed by atoms with Crippen LogP contribution in [0.3, 0.4) is 0 Å². The van der Waals surface area contributed by atoms with E-state index in [9.17, 15) is 14.7 Å². The van der Waals surface area contributed by atoms with E-state index in [0.29, 0.717) is 16.8 Å². The monoisotopic (exact) mass is 323 g/mol. The van der Waals surface area contributed by atoms with Gasteiger partial charge in [-0.3, -0.25) is 0 Å². The molecule has 0 heterocycles. The second-order valence-corrected chi connectivity index (χ2v) is 7.00. The van der Waals surface area contributed by atoms with Crippen molar-refractivity contribution < 1.29 is 28.7 Å². The van der Waals surface area contributed by atoms with E-state index in [1.54, 1.807) is 38.1 Å². The maximum atomic E-state index is 12.4. The number of likely N-dealkylation sites (N-methyl/N-ethyl adjacent to an activating group) is 1. The molecule has 6 heteroatoms. The molecule has 0 amide bonds. The van der Waals surface area contributed by atoms with Crippen LogP contribution in [0.1, 0.15) is 20.3 Å². The molecule has 0 bridgehead atoms. The molecule has 0 saturated heterocycles. The van der Waals surface area contributed by atoms with Gasteiger partial charge < -0.3 is 23.9 Å². The van der Waals surface area contributed by atoms with Gasteiger partial charge in [-0.25, -0.2) is 4.79 Å². The minimum absolute atomic E-state index is 0.345. The lowest BCUT2D eigenvalue weighted by Gasteiger charge is -2.31. The Kier molecular flexibility index (Phi) is 6.15. The zero-order chi connectivity index (χ0) is 17.7. The Morgan fingerprint density at radius 3 is 2.22 bits per heavy atom. The number of nitrogens with zero attached hydrogens (tertiary/aromatic N) is 1. The van der Waals surface area contributed by atoms with E-state index in [-0.39, 0.29) is 6.42 Å². The number of carbonyl (C=O) groups is 2. The molecule has 128 valence electrons. The van der Waals surface area contributed by atoms with Gasteiger partial charge in [0, 0.05) is 12.4 Å². The predicted octanol–water partition coefficient (Wildman–Crippen LogP) is 0.602. The largest absolute Gasteiger partial charge is 0.550 e. The molecule has 1 aromatic carbocycles. The third-order valence-electron chi connectivity index (χ3n) is 3.03. The van der Waals surface area contributed by atoms with Crippen molar-refractivity contribution in [1.82, 2.24) is 0 Å². The Labute approximate surface area is 137 Å². The first-order chi connectivity index (χ1) is 10.5. The van der Waals surface area contributed by atoms with Crippen LogP contribution in [0.5, 0.6) is 5.75 Å². The predicted molar refractivity (Wildman–Crippen MR) is 83.6 cm³/mol. The highest BCUT2D eigenvalue weighted by molar-refractivity contribution is 5.79. The van der Waals surface area contributed by atoms with Crippen LogP contribution in [0.4, 0.5) is 0 Å². The number of para-hydroxylation sites is 1. The molecule has 0 fully saturated rings. The Morgan fingerprint density at radius 2 is 1.74 bits per heavy atom. The number of hydrogen-bond donors (Lipinski definition) is 0. The molecular weight excluding hydrogens is 298 g/mol. The van der Waals surface area contributed by atoms with E-state index in [2.05, 4.69) is 0 Å². The van der Waals surface area contributed by atoms with E-state index in [1.165, 1.54) is 0 Å². The lowest BCUT2D eigenvalue weighted by atomic mass is 10.1. The lowest BCUT2D eigenvalue weighted by molar-refractivity contribution is -0.873. The fourth-order valence-corrected chi connectivity index (χ4v) is 2.06. The second kappa shape index (κ2) is 7.46. The van der Waals surface area contributed by atoms with Crippen molar-refractivity contribution in [3.63, 3.8) is 0 Å². The highest BCUT2D eigenvalue weighted by Crippen LogP contribution is 2.20. The standard InChI is InChI=1S/C17H25NO5/c1-17(2,23-13-9-7-6-8-10-13)16(21)22-14(11-15(19)20)12-18(3,4)5/h6-10,14H,11-12H2,1-5H3/t14-/m1/s1. The summed E-state index contributed by atoms with van der Waals surface area (Å²) < 4.78 is 11.5. The van der Waals surface area contributed by atoms with E-state index in [4.69, 9.17) is 9.47 Å². The molecule has 0 aliphatic heterocycles. The minimum Gasteiger partial charge on any atom is -0.550 e. The minimum atomic E-state index is -1.25. The average Bonchev–Trinajstić information content (AvgIpc) is 2.36. The average molecular weight is 323 g/mol. The number of rotatable bonds is 8. The number of quaternary nitrogens is 1. The van der Waals surface area contributed by atoms with Gasteiger partial charge in [0.25, 0.3) is 0 Å². The Bertz CT molecular complexity index is 534. The number of esters is 1. The topological polar surface area (TPSA) is 75.7 Å². The van der Waals surface area contributed by atoms with Crippen molar-refractivity contribution in [2.45, 2.75) is 32.0 Å². The summed E-state index contributed by atoms with van der Waals surface area (Å²) in [6.07, 6.45) is -1.12. The molecule has 0 spiro atoms. The van der Waals surface area contributed by atoms with Crippen LogP contribution in [0.2, 0.25) is 0 Å². The van der Waals surface area contributed by atoms with Gasteiger partial charge in [-0.1, -0.05) is 18.2 Å².